The Bertz CT molecular complexity index is 1040. The molecule has 27 heavy (non-hydrogen) atoms. The quantitative estimate of drug-likeness (QED) is 0.509. The second-order valence-electron chi connectivity index (χ2n) is 5.87. The fourth-order valence-electron chi connectivity index (χ4n) is 2.67. The third-order valence-corrected chi connectivity index (χ3v) is 6.40. The van der Waals surface area contributed by atoms with Crippen molar-refractivity contribution >= 4 is 24.6 Å². The van der Waals surface area contributed by atoms with Gasteiger partial charge in [-0.1, -0.05) is 0 Å². The molecule has 1 N–H and O–H groups in total. The molecule has 2 aromatic carbocycles. The molecule has 0 aliphatic carbocycles. The van der Waals surface area contributed by atoms with Gasteiger partial charge >= 0.3 is 164 Å². The third-order valence-electron chi connectivity index (χ3n) is 3.93. The Morgan fingerprint density at radius 1 is 0.778 bits per heavy atom. The Hall–Kier alpha value is -3.10. The van der Waals surface area contributed by atoms with Gasteiger partial charge in [0.2, 0.25) is 0 Å². The number of aromatic hydroxyl groups is 1. The van der Waals surface area contributed by atoms with E-state index >= 15 is 0 Å². The number of benzene rings is 2. The molecule has 4 rings (SSSR count). The summed E-state index contributed by atoms with van der Waals surface area (Å²) in [6.45, 7) is 0. The zero-order valence-corrected chi connectivity index (χ0v) is 16.5. The van der Waals surface area contributed by atoms with Crippen LogP contribution in [0.15, 0.2) is 91.3 Å². The van der Waals surface area contributed by atoms with Gasteiger partial charge in [0, 0.05) is 0 Å². The van der Waals surface area contributed by atoms with Gasteiger partial charge in [-0.3, -0.25) is 0 Å². The molecule has 0 radical (unpaired) electrons. The minimum atomic E-state index is -0.449. The van der Waals surface area contributed by atoms with E-state index < -0.39 is 15.8 Å². The van der Waals surface area contributed by atoms with Crippen molar-refractivity contribution in [2.45, 2.75) is 0 Å². The fourth-order valence-corrected chi connectivity index (χ4v) is 4.66. The van der Waals surface area contributed by atoms with E-state index in [1.54, 1.807) is 24.4 Å². The van der Waals surface area contributed by atoms with Crippen LogP contribution in [0.25, 0.3) is 11.1 Å². The molecule has 1 unspecified atom stereocenters. The Kier molecular flexibility index (Phi) is 5.17. The molecule has 4 aromatic rings. The summed E-state index contributed by atoms with van der Waals surface area (Å²) >= 11 is -0.449. The molecule has 5 heteroatoms. The van der Waals surface area contributed by atoms with E-state index in [1.165, 1.54) is 4.35 Å². The van der Waals surface area contributed by atoms with Gasteiger partial charge in [0.1, 0.15) is 0 Å². The van der Waals surface area contributed by atoms with E-state index in [4.69, 9.17) is 4.74 Å². The normalized spacial score (nSPS) is 11.0. The van der Waals surface area contributed by atoms with Gasteiger partial charge in [-0.05, 0) is 0 Å². The van der Waals surface area contributed by atoms with Gasteiger partial charge in [-0.15, -0.1) is 0 Å². The molecule has 0 saturated heterocycles. The number of pyridine rings is 2. The Morgan fingerprint density at radius 3 is 2.41 bits per heavy atom. The van der Waals surface area contributed by atoms with Crippen LogP contribution in [-0.2, 0) is 0 Å². The predicted octanol–water partition coefficient (Wildman–Crippen LogP) is 3.03. The number of ether oxygens (including phenoxy) is 1. The number of hydrogen-bond acceptors (Lipinski definition) is 4. The number of phenolic OH excluding ortho intramolecular Hbond substituents is 1. The molecule has 0 amide bonds. The molecule has 0 spiro atoms. The first-order valence-corrected chi connectivity index (χ1v) is 10.6. The van der Waals surface area contributed by atoms with Crippen LogP contribution in [0.3, 0.4) is 0 Å². The maximum atomic E-state index is 9.74. The summed E-state index contributed by atoms with van der Waals surface area (Å²) in [5.74, 6) is 1.45. The van der Waals surface area contributed by atoms with Gasteiger partial charge in [-0.2, -0.15) is 0 Å². The van der Waals surface area contributed by atoms with E-state index in [0.29, 0.717) is 5.88 Å². The molecule has 0 bridgehead atoms. The van der Waals surface area contributed by atoms with Crippen LogP contribution in [0.2, 0.25) is 0 Å². The molecular weight excluding hydrogens is 399 g/mol. The molecular formula is C22H17AsN2O2. The summed E-state index contributed by atoms with van der Waals surface area (Å²) in [6, 6.07) is 25.0. The number of phenols is 1. The van der Waals surface area contributed by atoms with Crippen molar-refractivity contribution in [2.24, 2.45) is 0 Å². The SMILES string of the molecule is Oc1cccc(-c2cccnc2Oc2ccc([AsH]c3ccccn3)cc2)c1. The summed E-state index contributed by atoms with van der Waals surface area (Å²) < 4.78 is 8.46. The Balaban J connectivity index is 1.55. The average molecular weight is 416 g/mol. The van der Waals surface area contributed by atoms with E-state index in [9.17, 15) is 5.11 Å². The third kappa shape index (κ3) is 4.36. The standard InChI is InChI=1S/C22H17AsN2O2/c26-18-6-3-5-16(15-18)20-7-4-14-25-22(20)27-19-11-9-17(10-12-19)23-21-8-1-2-13-24-21/h1-15,23,26H. The van der Waals surface area contributed by atoms with Crippen molar-refractivity contribution < 1.29 is 9.84 Å². The summed E-state index contributed by atoms with van der Waals surface area (Å²) in [5, 5.41) is 9.74. The van der Waals surface area contributed by atoms with Gasteiger partial charge in [-0.25, -0.2) is 0 Å². The number of hydrogen-bond donors (Lipinski definition) is 1. The predicted molar refractivity (Wildman–Crippen MR) is 109 cm³/mol. The van der Waals surface area contributed by atoms with Gasteiger partial charge < -0.3 is 0 Å². The molecule has 4 nitrogen and oxygen atoms in total. The van der Waals surface area contributed by atoms with Crippen molar-refractivity contribution in [1.82, 2.24) is 9.97 Å². The summed E-state index contributed by atoms with van der Waals surface area (Å²) in [7, 11) is 0. The molecule has 0 aliphatic heterocycles. The van der Waals surface area contributed by atoms with Crippen molar-refractivity contribution in [3.05, 3.63) is 91.3 Å². The van der Waals surface area contributed by atoms with E-state index in [2.05, 4.69) is 28.2 Å². The molecule has 2 heterocycles. The van der Waals surface area contributed by atoms with Crippen molar-refractivity contribution in [1.29, 1.82) is 0 Å². The van der Waals surface area contributed by atoms with Crippen molar-refractivity contribution in [2.75, 3.05) is 0 Å². The van der Waals surface area contributed by atoms with Gasteiger partial charge in [0.05, 0.1) is 0 Å². The molecule has 0 fully saturated rings. The molecule has 132 valence electrons. The Labute approximate surface area is 164 Å². The fraction of sp³-hybridized carbons (Fsp3) is 0. The van der Waals surface area contributed by atoms with E-state index in [-0.39, 0.29) is 5.75 Å². The monoisotopic (exact) mass is 416 g/mol. The van der Waals surface area contributed by atoms with Crippen molar-refractivity contribution in [3.8, 4) is 28.5 Å². The molecule has 0 saturated carbocycles. The molecule has 1 atom stereocenters. The van der Waals surface area contributed by atoms with Crippen LogP contribution in [0, 0.1) is 0 Å². The van der Waals surface area contributed by atoms with Crippen LogP contribution < -0.4 is 13.6 Å². The molecule has 0 aliphatic rings. The van der Waals surface area contributed by atoms with Crippen LogP contribution in [-0.4, -0.2) is 30.8 Å². The number of rotatable bonds is 5. The first kappa shape index (κ1) is 17.3. The topological polar surface area (TPSA) is 55.2 Å². The first-order chi connectivity index (χ1) is 13.3. The van der Waals surface area contributed by atoms with Gasteiger partial charge in [0.25, 0.3) is 0 Å². The van der Waals surface area contributed by atoms with Crippen LogP contribution >= 0.6 is 0 Å². The number of aromatic nitrogens is 2. The average Bonchev–Trinajstić information content (AvgIpc) is 2.71. The summed E-state index contributed by atoms with van der Waals surface area (Å²) in [4.78, 5) is 8.77. The second kappa shape index (κ2) is 8.07. The van der Waals surface area contributed by atoms with Crippen molar-refractivity contribution in [3.63, 3.8) is 0 Å². The van der Waals surface area contributed by atoms with E-state index in [0.717, 1.165) is 21.4 Å². The summed E-state index contributed by atoms with van der Waals surface area (Å²) in [6.07, 6.45) is 3.53. The second-order valence-corrected chi connectivity index (χ2v) is 8.68. The minimum absolute atomic E-state index is 0.214. The van der Waals surface area contributed by atoms with Crippen LogP contribution in [0.4, 0.5) is 0 Å². The summed E-state index contributed by atoms with van der Waals surface area (Å²) in [5.41, 5.74) is 1.69. The first-order valence-electron chi connectivity index (χ1n) is 8.48. The van der Waals surface area contributed by atoms with Crippen LogP contribution in [0.5, 0.6) is 17.4 Å². The van der Waals surface area contributed by atoms with Gasteiger partial charge in [0.15, 0.2) is 0 Å². The number of nitrogens with zero attached hydrogens (tertiary/aromatic N) is 2. The zero-order valence-electron chi connectivity index (χ0n) is 14.4. The van der Waals surface area contributed by atoms with E-state index in [1.807, 2.05) is 48.7 Å². The van der Waals surface area contributed by atoms with Crippen LogP contribution in [0.1, 0.15) is 0 Å². The maximum absolute atomic E-state index is 9.74. The Morgan fingerprint density at radius 2 is 1.63 bits per heavy atom. The zero-order chi connectivity index (χ0) is 18.5. The molecule has 2 aromatic heterocycles.